The predicted octanol–water partition coefficient (Wildman–Crippen LogP) is 3.65. The van der Waals surface area contributed by atoms with Gasteiger partial charge in [0.05, 0.1) is 11.5 Å². The highest BCUT2D eigenvalue weighted by molar-refractivity contribution is 5.77. The molecule has 8 heteroatoms. The Morgan fingerprint density at radius 3 is 2.84 bits per heavy atom. The summed E-state index contributed by atoms with van der Waals surface area (Å²) in [5.74, 6) is 0.395. The molecule has 0 bridgehead atoms. The lowest BCUT2D eigenvalue weighted by molar-refractivity contribution is -0.137. The van der Waals surface area contributed by atoms with Gasteiger partial charge in [-0.2, -0.15) is 18.2 Å². The largest absolute Gasteiger partial charge is 0.416 e. The molecule has 3 rings (SSSR count). The molecule has 0 spiro atoms. The molecule has 0 unspecified atom stereocenters. The van der Waals surface area contributed by atoms with E-state index in [1.807, 2.05) is 0 Å². The Morgan fingerprint density at radius 1 is 1.40 bits per heavy atom. The summed E-state index contributed by atoms with van der Waals surface area (Å²) in [6.07, 6.45) is -1.70. The van der Waals surface area contributed by atoms with Gasteiger partial charge in [0, 0.05) is 25.1 Å². The monoisotopic (exact) mass is 351 g/mol. The van der Waals surface area contributed by atoms with Gasteiger partial charge in [-0.3, -0.25) is 4.79 Å². The first-order valence-corrected chi connectivity index (χ1v) is 7.78. The molecule has 1 aromatic heterocycles. The number of aromatic nitrogens is 2. The zero-order chi connectivity index (χ0) is 18.0. The van der Waals surface area contributed by atoms with Crippen LogP contribution in [0.1, 0.15) is 30.2 Å². The number of allylic oxidation sites excluding steroid dienone is 1. The summed E-state index contributed by atoms with van der Waals surface area (Å²) < 4.78 is 43.5. The minimum atomic E-state index is -4.43. The number of hydrogen-bond acceptors (Lipinski definition) is 4. The minimum absolute atomic E-state index is 0.0359. The van der Waals surface area contributed by atoms with Crippen LogP contribution in [0.3, 0.4) is 0 Å². The van der Waals surface area contributed by atoms with Crippen molar-refractivity contribution in [2.75, 3.05) is 13.1 Å². The first kappa shape index (κ1) is 17.2. The zero-order valence-corrected chi connectivity index (χ0v) is 13.3. The second-order valence-corrected chi connectivity index (χ2v) is 5.86. The van der Waals surface area contributed by atoms with Crippen molar-refractivity contribution in [2.24, 2.45) is 0 Å². The number of amides is 1. The number of alkyl halides is 3. The van der Waals surface area contributed by atoms with Crippen molar-refractivity contribution >= 4 is 5.91 Å². The third-order valence-electron chi connectivity index (χ3n) is 4.04. The van der Waals surface area contributed by atoms with Gasteiger partial charge in [0.15, 0.2) is 0 Å². The van der Waals surface area contributed by atoms with Crippen LogP contribution in [0.4, 0.5) is 13.2 Å². The van der Waals surface area contributed by atoms with Crippen molar-refractivity contribution in [1.29, 1.82) is 0 Å². The van der Waals surface area contributed by atoms with Crippen molar-refractivity contribution in [3.8, 4) is 11.4 Å². The standard InChI is InChI=1S/C17H16F3N3O2/c1-2-3-7-14(24)23-9-12(10-23)16-21-15(22-25-16)11-5-4-6-13(8-11)17(18,19)20/h2,4-6,8,12H,1,3,7,9-10H2. The first-order valence-electron chi connectivity index (χ1n) is 7.78. The smallest absolute Gasteiger partial charge is 0.341 e. The van der Waals surface area contributed by atoms with Crippen LogP contribution in [0.5, 0.6) is 0 Å². The van der Waals surface area contributed by atoms with E-state index in [4.69, 9.17) is 4.52 Å². The molecule has 1 fully saturated rings. The Kier molecular flexibility index (Phi) is 4.61. The maximum atomic E-state index is 12.8. The van der Waals surface area contributed by atoms with Crippen LogP contribution in [0.15, 0.2) is 41.4 Å². The summed E-state index contributed by atoms with van der Waals surface area (Å²) in [4.78, 5) is 17.7. The summed E-state index contributed by atoms with van der Waals surface area (Å²) in [6.45, 7) is 4.52. The number of halogens is 3. The van der Waals surface area contributed by atoms with E-state index in [9.17, 15) is 18.0 Å². The van der Waals surface area contributed by atoms with Crippen molar-refractivity contribution in [3.05, 3.63) is 48.4 Å². The van der Waals surface area contributed by atoms with Crippen molar-refractivity contribution in [3.63, 3.8) is 0 Å². The van der Waals surface area contributed by atoms with Crippen molar-refractivity contribution < 1.29 is 22.5 Å². The molecule has 25 heavy (non-hydrogen) atoms. The lowest BCUT2D eigenvalue weighted by atomic mass is 9.99. The summed E-state index contributed by atoms with van der Waals surface area (Å²) in [6, 6.07) is 4.77. The number of nitrogens with zero attached hydrogens (tertiary/aromatic N) is 3. The molecule has 132 valence electrons. The topological polar surface area (TPSA) is 59.2 Å². The third kappa shape index (κ3) is 3.72. The van der Waals surface area contributed by atoms with Crippen LogP contribution in [-0.4, -0.2) is 34.0 Å². The van der Waals surface area contributed by atoms with Gasteiger partial charge < -0.3 is 9.42 Å². The fourth-order valence-electron chi connectivity index (χ4n) is 2.57. The molecule has 0 N–H and O–H groups in total. The van der Waals surface area contributed by atoms with Gasteiger partial charge in [-0.25, -0.2) is 0 Å². The number of likely N-dealkylation sites (tertiary alicyclic amines) is 1. The molecule has 1 aliphatic rings. The second kappa shape index (κ2) is 6.70. The van der Waals surface area contributed by atoms with Gasteiger partial charge >= 0.3 is 6.18 Å². The number of carbonyl (C=O) groups excluding carboxylic acids is 1. The van der Waals surface area contributed by atoms with Gasteiger partial charge in [0.25, 0.3) is 0 Å². The number of carbonyl (C=O) groups is 1. The molecule has 5 nitrogen and oxygen atoms in total. The van der Waals surface area contributed by atoms with E-state index in [0.717, 1.165) is 12.1 Å². The van der Waals surface area contributed by atoms with E-state index in [2.05, 4.69) is 16.7 Å². The highest BCUT2D eigenvalue weighted by Crippen LogP contribution is 2.32. The quantitative estimate of drug-likeness (QED) is 0.772. The van der Waals surface area contributed by atoms with Gasteiger partial charge in [0.1, 0.15) is 0 Å². The molecule has 0 saturated carbocycles. The third-order valence-corrected chi connectivity index (χ3v) is 4.04. The lowest BCUT2D eigenvalue weighted by Crippen LogP contribution is -2.48. The molecule has 1 saturated heterocycles. The Hall–Kier alpha value is -2.64. The Balaban J connectivity index is 1.66. The van der Waals surface area contributed by atoms with Gasteiger partial charge in [0.2, 0.25) is 17.6 Å². The molecule has 0 radical (unpaired) electrons. The maximum Gasteiger partial charge on any atom is 0.416 e. The van der Waals surface area contributed by atoms with Gasteiger partial charge in [-0.05, 0) is 18.6 Å². The van der Waals surface area contributed by atoms with Crippen LogP contribution in [-0.2, 0) is 11.0 Å². The van der Waals surface area contributed by atoms with E-state index >= 15 is 0 Å². The molecule has 1 amide bonds. The van der Waals surface area contributed by atoms with Crippen molar-refractivity contribution in [2.45, 2.75) is 24.9 Å². The Labute approximate surface area is 142 Å². The molecule has 2 heterocycles. The molecular weight excluding hydrogens is 335 g/mol. The van der Waals surface area contributed by atoms with Crippen LogP contribution in [0.2, 0.25) is 0 Å². The average Bonchev–Trinajstić information content (AvgIpc) is 3.00. The van der Waals surface area contributed by atoms with Crippen LogP contribution < -0.4 is 0 Å². The average molecular weight is 351 g/mol. The lowest BCUT2D eigenvalue weighted by Gasteiger charge is -2.37. The number of hydrogen-bond donors (Lipinski definition) is 0. The zero-order valence-electron chi connectivity index (χ0n) is 13.3. The molecule has 0 aliphatic carbocycles. The predicted molar refractivity (Wildman–Crippen MR) is 83.5 cm³/mol. The molecule has 0 atom stereocenters. The normalized spacial score (nSPS) is 15.1. The molecule has 1 aromatic carbocycles. The summed E-state index contributed by atoms with van der Waals surface area (Å²) in [5, 5.41) is 3.76. The SMILES string of the molecule is C=CCCC(=O)N1CC(c2nc(-c3cccc(C(F)(F)F)c3)no2)C1. The van der Waals surface area contributed by atoms with E-state index in [1.165, 1.54) is 12.1 Å². The second-order valence-electron chi connectivity index (χ2n) is 5.86. The van der Waals surface area contributed by atoms with E-state index < -0.39 is 11.7 Å². The van der Waals surface area contributed by atoms with Gasteiger partial charge in [-0.15, -0.1) is 6.58 Å². The molecular formula is C17H16F3N3O2. The van der Waals surface area contributed by atoms with Crippen LogP contribution in [0.25, 0.3) is 11.4 Å². The maximum absolute atomic E-state index is 12.8. The van der Waals surface area contributed by atoms with E-state index in [1.54, 1.807) is 11.0 Å². The highest BCUT2D eigenvalue weighted by atomic mass is 19.4. The van der Waals surface area contributed by atoms with Crippen LogP contribution >= 0.6 is 0 Å². The number of benzene rings is 1. The van der Waals surface area contributed by atoms with Crippen molar-refractivity contribution in [1.82, 2.24) is 15.0 Å². The molecule has 2 aromatic rings. The molecule has 1 aliphatic heterocycles. The fourth-order valence-corrected chi connectivity index (χ4v) is 2.57. The first-order chi connectivity index (χ1) is 11.9. The van der Waals surface area contributed by atoms with Crippen LogP contribution in [0, 0.1) is 0 Å². The Morgan fingerprint density at radius 2 is 2.16 bits per heavy atom. The summed E-state index contributed by atoms with van der Waals surface area (Å²) in [7, 11) is 0. The van der Waals surface area contributed by atoms with Gasteiger partial charge in [-0.1, -0.05) is 23.4 Å². The fraction of sp³-hybridized carbons (Fsp3) is 0.353. The Bertz CT molecular complexity index is 779. The summed E-state index contributed by atoms with van der Waals surface area (Å²) in [5.41, 5.74) is -0.526. The minimum Gasteiger partial charge on any atom is -0.341 e. The highest BCUT2D eigenvalue weighted by Gasteiger charge is 2.35. The van der Waals surface area contributed by atoms with E-state index in [-0.39, 0.29) is 23.2 Å². The summed E-state index contributed by atoms with van der Waals surface area (Å²) >= 11 is 0. The number of rotatable bonds is 5. The van der Waals surface area contributed by atoms with E-state index in [0.29, 0.717) is 31.8 Å².